The number of nitrogens with zero attached hydrogens (tertiary/aromatic N) is 4. The van der Waals surface area contributed by atoms with Gasteiger partial charge in [0.05, 0.1) is 85.3 Å². The Morgan fingerprint density at radius 2 is 1.62 bits per heavy atom. The van der Waals surface area contributed by atoms with Gasteiger partial charge in [-0.1, -0.05) is 27.7 Å². The quantitative estimate of drug-likeness (QED) is 0.137. The van der Waals surface area contributed by atoms with Crippen molar-refractivity contribution >= 4 is 29.3 Å². The zero-order valence-corrected chi connectivity index (χ0v) is 48.1. The minimum atomic E-state index is -1.85. The average molecular weight is 1100 g/mol. The molecule has 6 rings (SSSR count). The zero-order chi connectivity index (χ0) is 56.9. The van der Waals surface area contributed by atoms with Gasteiger partial charge >= 0.3 is 12.1 Å². The first kappa shape index (κ1) is 62.9. The lowest BCUT2D eigenvalue weighted by atomic mass is 9.76. The molecule has 4 heterocycles. The van der Waals surface area contributed by atoms with Gasteiger partial charge in [0.1, 0.15) is 35.8 Å². The highest BCUT2D eigenvalue weighted by molar-refractivity contribution is 5.90. The van der Waals surface area contributed by atoms with Gasteiger partial charge in [-0.15, -0.1) is 0 Å². The fourth-order valence-electron chi connectivity index (χ4n) is 12.7. The summed E-state index contributed by atoms with van der Waals surface area (Å²) in [4.78, 5) is 47.8. The monoisotopic (exact) mass is 1100 g/mol. The molecule has 440 valence electrons. The number of methoxy groups -OCH3 is 1. The highest BCUT2D eigenvalue weighted by atomic mass is 19.1. The summed E-state index contributed by atoms with van der Waals surface area (Å²) in [5.74, 6) is -3.34. The Hall–Kier alpha value is -3.32. The van der Waals surface area contributed by atoms with Crippen LogP contribution in [0.4, 0.5) is 20.6 Å². The molecule has 1 aromatic carbocycles. The van der Waals surface area contributed by atoms with E-state index < -0.39 is 114 Å². The highest BCUT2D eigenvalue weighted by Gasteiger charge is 2.53. The molecule has 19 atom stereocenters. The van der Waals surface area contributed by atoms with Gasteiger partial charge in [-0.25, -0.2) is 9.18 Å². The van der Waals surface area contributed by atoms with Crippen LogP contribution < -0.4 is 15.1 Å². The molecule has 0 radical (unpaired) electrons. The predicted molar refractivity (Wildman–Crippen MR) is 286 cm³/mol. The van der Waals surface area contributed by atoms with E-state index in [1.54, 1.807) is 53.7 Å². The summed E-state index contributed by atoms with van der Waals surface area (Å²) in [5.41, 5.74) is -3.70. The molecule has 4 saturated heterocycles. The van der Waals surface area contributed by atoms with Crippen LogP contribution in [-0.4, -0.2) is 217 Å². The van der Waals surface area contributed by atoms with E-state index in [0.29, 0.717) is 70.0 Å². The maximum atomic E-state index is 15.2. The highest BCUT2D eigenvalue weighted by Crippen LogP contribution is 2.41. The lowest BCUT2D eigenvalue weighted by Gasteiger charge is -2.49. The first-order valence-electron chi connectivity index (χ1n) is 28.1. The third kappa shape index (κ3) is 15.0. The maximum absolute atomic E-state index is 15.2. The Balaban J connectivity index is 1.15. The third-order valence-corrected chi connectivity index (χ3v) is 17.5. The number of hydrogen-bond acceptors (Lipinski definition) is 18. The largest absolute Gasteiger partial charge is 0.459 e. The number of halogens is 1. The number of rotatable bonds is 15. The van der Waals surface area contributed by atoms with E-state index in [9.17, 15) is 39.9 Å². The van der Waals surface area contributed by atoms with Crippen LogP contribution in [0.25, 0.3) is 0 Å². The number of likely N-dealkylation sites (N-methyl/N-ethyl adjacent to an activating group) is 2. The number of carbonyl (C=O) groups is 3. The van der Waals surface area contributed by atoms with Gasteiger partial charge in [0.25, 0.3) is 0 Å². The first-order valence-corrected chi connectivity index (χ1v) is 28.1. The molecule has 1 aliphatic carbocycles. The number of esters is 1. The number of anilines is 2. The van der Waals surface area contributed by atoms with Crippen molar-refractivity contribution in [3.05, 3.63) is 24.0 Å². The zero-order valence-electron chi connectivity index (χ0n) is 48.1. The number of benzene rings is 1. The van der Waals surface area contributed by atoms with E-state index in [0.717, 1.165) is 0 Å². The number of aliphatic hydroxyl groups excluding tert-OH is 3. The molecule has 77 heavy (non-hydrogen) atoms. The molecule has 1 saturated carbocycles. The second kappa shape index (κ2) is 26.5. The molecule has 0 spiro atoms. The van der Waals surface area contributed by atoms with Crippen molar-refractivity contribution in [3.63, 3.8) is 0 Å². The molecule has 0 bridgehead atoms. The Morgan fingerprint density at radius 1 is 0.935 bits per heavy atom. The van der Waals surface area contributed by atoms with Crippen LogP contribution in [-0.2, 0) is 42.7 Å². The number of nitrogens with one attached hydrogen (secondary N) is 1. The van der Waals surface area contributed by atoms with E-state index in [2.05, 4.69) is 12.2 Å². The topological polar surface area (TPSA) is 242 Å². The van der Waals surface area contributed by atoms with Crippen molar-refractivity contribution in [1.29, 1.82) is 0 Å². The molecule has 21 heteroatoms. The number of amides is 2. The van der Waals surface area contributed by atoms with Gasteiger partial charge in [-0.3, -0.25) is 14.5 Å². The summed E-state index contributed by atoms with van der Waals surface area (Å²) >= 11 is 0. The minimum absolute atomic E-state index is 0.0741. The third-order valence-electron chi connectivity index (χ3n) is 17.5. The van der Waals surface area contributed by atoms with E-state index in [1.165, 1.54) is 25.0 Å². The Morgan fingerprint density at radius 3 is 2.27 bits per heavy atom. The van der Waals surface area contributed by atoms with Gasteiger partial charge in [-0.2, -0.15) is 0 Å². The predicted octanol–water partition coefficient (Wildman–Crippen LogP) is 3.83. The summed E-state index contributed by atoms with van der Waals surface area (Å²) in [5, 5.41) is 62.8. The maximum Gasteiger partial charge on any atom is 0.414 e. The van der Waals surface area contributed by atoms with Crippen molar-refractivity contribution < 1.29 is 77.5 Å². The summed E-state index contributed by atoms with van der Waals surface area (Å²) in [6, 6.07) is 3.70. The molecule has 2 amide bonds. The van der Waals surface area contributed by atoms with Crippen LogP contribution in [0.1, 0.15) is 114 Å². The normalized spacial score (nSPS) is 40.4. The molecular weight excluding hydrogens is 1000 g/mol. The number of ether oxygens (including phenoxy) is 7. The molecule has 6 N–H and O–H groups in total. The molecular formula is C56H94FN5O15. The summed E-state index contributed by atoms with van der Waals surface area (Å²) in [6.07, 6.45) is -8.08. The second-order valence-electron chi connectivity index (χ2n) is 24.0. The number of cyclic esters (lactones) is 2. The Bertz CT molecular complexity index is 2100. The van der Waals surface area contributed by atoms with Crippen LogP contribution in [0.2, 0.25) is 0 Å². The van der Waals surface area contributed by atoms with Crippen molar-refractivity contribution in [3.8, 4) is 0 Å². The van der Waals surface area contributed by atoms with E-state index in [1.807, 2.05) is 42.6 Å². The van der Waals surface area contributed by atoms with E-state index >= 15 is 4.39 Å². The van der Waals surface area contributed by atoms with Crippen molar-refractivity contribution in [2.75, 3.05) is 83.5 Å². The van der Waals surface area contributed by atoms with Crippen LogP contribution in [0.15, 0.2) is 18.2 Å². The van der Waals surface area contributed by atoms with Gasteiger partial charge in [-0.05, 0) is 124 Å². The SMILES string of the molecule is CC[C@H]1OC(=O)[C@H](C)[C@@H](O[C@H]2C[C@@](C)(OC)[C@@H](O)[C@H](C)O2)[C@H](C)[C@@H](O[C@@H]2C[C@H](C)C[C@H](N(C)CCCC(=O)NC[C@H]3CN(c4ccc(N5CCOCC5)c(F)c4)C(=O)O3)[C@H]2O)[C@](C)(O)C[C@@H](C)CN(C)[C@H](C)[C@@H](O)[C@]1(C)O. The Labute approximate surface area is 456 Å². The fraction of sp³-hybridized carbons (Fsp3) is 0.839. The van der Waals surface area contributed by atoms with Gasteiger partial charge in [0.15, 0.2) is 6.29 Å². The summed E-state index contributed by atoms with van der Waals surface area (Å²) in [7, 11) is 5.24. The molecule has 20 nitrogen and oxygen atoms in total. The smallest absolute Gasteiger partial charge is 0.414 e. The molecule has 0 aromatic heterocycles. The molecule has 0 unspecified atom stereocenters. The summed E-state index contributed by atoms with van der Waals surface area (Å²) < 4.78 is 58.2. The minimum Gasteiger partial charge on any atom is -0.459 e. The number of morpholine rings is 1. The van der Waals surface area contributed by atoms with Crippen LogP contribution in [0, 0.1) is 29.5 Å². The molecule has 4 aliphatic heterocycles. The van der Waals surface area contributed by atoms with Crippen LogP contribution in [0.5, 0.6) is 0 Å². The lowest BCUT2D eigenvalue weighted by Crippen LogP contribution is -2.60. The number of aliphatic hydroxyl groups is 5. The van der Waals surface area contributed by atoms with Gasteiger partial charge in [0.2, 0.25) is 5.91 Å². The second-order valence-corrected chi connectivity index (χ2v) is 24.0. The van der Waals surface area contributed by atoms with Gasteiger partial charge in [0, 0.05) is 57.6 Å². The van der Waals surface area contributed by atoms with Crippen LogP contribution in [0.3, 0.4) is 0 Å². The van der Waals surface area contributed by atoms with Crippen molar-refractivity contribution in [1.82, 2.24) is 15.1 Å². The Kier molecular flexibility index (Phi) is 21.6. The first-order chi connectivity index (χ1) is 36.1. The molecule has 1 aromatic rings. The van der Waals surface area contributed by atoms with Gasteiger partial charge < -0.3 is 78.7 Å². The van der Waals surface area contributed by atoms with Crippen molar-refractivity contribution in [2.45, 2.75) is 204 Å². The molecule has 5 fully saturated rings. The number of hydrogen-bond donors (Lipinski definition) is 6. The van der Waals surface area contributed by atoms with E-state index in [4.69, 9.17) is 33.2 Å². The lowest BCUT2D eigenvalue weighted by molar-refractivity contribution is -0.302. The summed E-state index contributed by atoms with van der Waals surface area (Å²) in [6.45, 7) is 21.0. The molecule has 5 aliphatic rings. The fourth-order valence-corrected chi connectivity index (χ4v) is 12.7. The van der Waals surface area contributed by atoms with Crippen LogP contribution >= 0.6 is 0 Å². The number of carbonyl (C=O) groups excluding carboxylic acids is 3. The standard InChI is InChI=1S/C56H94FN5O15/c1-14-44-56(10,70)49(65)36(6)60(12)30-33(3)27-54(8,69)51(34(4)48(35(5)52(67)76-44)77-46-28-55(9,71-13)50(66)37(7)73-46)75-43-25-32(2)24-42(47(43)64)59(11)19-15-16-45(63)58-29-39-31-62(53(68)74-39)38-17-18-41(40(57)26-38)61-20-22-72-23-21-61/h17-18,26,32-37,39,42-44,46-51,64-66,69-70H,14-16,19-25,27-31H2,1-13H3,(H,58,63)/t32-,33-,34+,35-,36-,37+,39+,42+,43-,44-,46+,47-,48+,49-,50+,51-,54-,55-,56-/m1/s1. The van der Waals surface area contributed by atoms with Crippen molar-refractivity contribution in [2.24, 2.45) is 23.7 Å². The average Bonchev–Trinajstić information content (AvgIpc) is 3.76. The van der Waals surface area contributed by atoms with E-state index in [-0.39, 0.29) is 62.6 Å².